The highest BCUT2D eigenvalue weighted by atomic mass is 32.1. The van der Waals surface area contributed by atoms with Gasteiger partial charge in [-0.3, -0.25) is 4.79 Å². The number of nitrogens with two attached hydrogens (primary N) is 1. The average Bonchev–Trinajstić information content (AvgIpc) is 2.12. The molecule has 0 aliphatic heterocycles. The van der Waals surface area contributed by atoms with Gasteiger partial charge in [0.05, 0.1) is 17.5 Å². The molecule has 0 fully saturated rings. The van der Waals surface area contributed by atoms with Crippen molar-refractivity contribution < 1.29 is 9.90 Å². The summed E-state index contributed by atoms with van der Waals surface area (Å²) in [5.41, 5.74) is 5.55. The predicted molar refractivity (Wildman–Crippen MR) is 64.5 cm³/mol. The molecule has 0 bridgehead atoms. The molecule has 0 spiro atoms. The number of rotatable bonds is 6. The summed E-state index contributed by atoms with van der Waals surface area (Å²) < 4.78 is 0. The van der Waals surface area contributed by atoms with E-state index < -0.39 is 5.92 Å². The SMILES string of the molecule is CCN(CCO)C(=O)C(C(N)=S)C(C)C. The summed E-state index contributed by atoms with van der Waals surface area (Å²) in [6, 6.07) is 0. The van der Waals surface area contributed by atoms with Gasteiger partial charge >= 0.3 is 0 Å². The second-order valence-electron chi connectivity index (χ2n) is 3.77. The van der Waals surface area contributed by atoms with Crippen molar-refractivity contribution in [3.05, 3.63) is 0 Å². The lowest BCUT2D eigenvalue weighted by Gasteiger charge is -2.27. The summed E-state index contributed by atoms with van der Waals surface area (Å²) in [5, 5.41) is 8.82. The van der Waals surface area contributed by atoms with Crippen LogP contribution in [0.15, 0.2) is 0 Å². The first-order valence-electron chi connectivity index (χ1n) is 5.14. The normalized spacial score (nSPS) is 12.6. The summed E-state index contributed by atoms with van der Waals surface area (Å²) in [5.74, 6) is -0.428. The molecule has 0 heterocycles. The Morgan fingerprint density at radius 2 is 2.07 bits per heavy atom. The molecule has 1 atom stereocenters. The topological polar surface area (TPSA) is 66.6 Å². The van der Waals surface area contributed by atoms with E-state index in [1.165, 1.54) is 0 Å². The number of amides is 1. The fraction of sp³-hybridized carbons (Fsp3) is 0.800. The van der Waals surface area contributed by atoms with Crippen LogP contribution in [0.3, 0.4) is 0 Å². The number of hydrogen-bond acceptors (Lipinski definition) is 3. The van der Waals surface area contributed by atoms with Gasteiger partial charge in [0.15, 0.2) is 0 Å². The van der Waals surface area contributed by atoms with Gasteiger partial charge in [0.25, 0.3) is 0 Å². The van der Waals surface area contributed by atoms with E-state index in [1.807, 2.05) is 20.8 Å². The fourth-order valence-corrected chi connectivity index (χ4v) is 1.85. The van der Waals surface area contributed by atoms with Crippen molar-refractivity contribution >= 4 is 23.1 Å². The predicted octanol–water partition coefficient (Wildman–Crippen LogP) is 0.385. The van der Waals surface area contributed by atoms with Crippen LogP contribution in [0.5, 0.6) is 0 Å². The minimum absolute atomic E-state index is 0.0400. The number of carbonyl (C=O) groups excluding carboxylic acids is 1. The Kier molecular flexibility index (Phi) is 6.43. The van der Waals surface area contributed by atoms with Gasteiger partial charge in [-0.05, 0) is 12.8 Å². The molecule has 5 heteroatoms. The monoisotopic (exact) mass is 232 g/mol. The molecule has 0 saturated heterocycles. The first-order valence-corrected chi connectivity index (χ1v) is 5.55. The van der Waals surface area contributed by atoms with Crippen LogP contribution in [0.25, 0.3) is 0 Å². The second kappa shape index (κ2) is 6.74. The Morgan fingerprint density at radius 3 is 2.33 bits per heavy atom. The fourth-order valence-electron chi connectivity index (χ4n) is 1.48. The van der Waals surface area contributed by atoms with Gasteiger partial charge in [-0.1, -0.05) is 26.1 Å². The number of aliphatic hydroxyl groups is 1. The molecule has 0 rings (SSSR count). The van der Waals surface area contributed by atoms with Crippen molar-refractivity contribution in [2.24, 2.45) is 17.6 Å². The van der Waals surface area contributed by atoms with Crippen molar-refractivity contribution in [3.8, 4) is 0 Å². The number of carbonyl (C=O) groups is 1. The van der Waals surface area contributed by atoms with Crippen LogP contribution in [-0.4, -0.2) is 40.6 Å². The molecule has 4 nitrogen and oxygen atoms in total. The Morgan fingerprint density at radius 1 is 1.53 bits per heavy atom. The molecule has 0 aromatic rings. The van der Waals surface area contributed by atoms with Crippen LogP contribution in [0.4, 0.5) is 0 Å². The van der Waals surface area contributed by atoms with Crippen LogP contribution in [0.2, 0.25) is 0 Å². The van der Waals surface area contributed by atoms with E-state index in [-0.39, 0.29) is 23.4 Å². The minimum Gasteiger partial charge on any atom is -0.395 e. The van der Waals surface area contributed by atoms with Crippen LogP contribution in [-0.2, 0) is 4.79 Å². The summed E-state index contributed by atoms with van der Waals surface area (Å²) >= 11 is 4.89. The first-order chi connectivity index (χ1) is 6.95. The van der Waals surface area contributed by atoms with Crippen molar-refractivity contribution in [2.45, 2.75) is 20.8 Å². The lowest BCUT2D eigenvalue weighted by molar-refractivity contribution is -0.134. The highest BCUT2D eigenvalue weighted by Crippen LogP contribution is 2.14. The molecule has 0 aliphatic rings. The van der Waals surface area contributed by atoms with Gasteiger partial charge in [0.1, 0.15) is 0 Å². The van der Waals surface area contributed by atoms with Crippen LogP contribution in [0, 0.1) is 11.8 Å². The third kappa shape index (κ3) is 4.13. The zero-order valence-corrected chi connectivity index (χ0v) is 10.4. The second-order valence-corrected chi connectivity index (χ2v) is 4.24. The smallest absolute Gasteiger partial charge is 0.232 e. The van der Waals surface area contributed by atoms with E-state index in [9.17, 15) is 4.79 Å². The number of hydrogen-bond donors (Lipinski definition) is 2. The zero-order chi connectivity index (χ0) is 12.0. The molecule has 0 aromatic heterocycles. The van der Waals surface area contributed by atoms with Crippen molar-refractivity contribution in [1.29, 1.82) is 0 Å². The maximum atomic E-state index is 12.0. The molecule has 0 saturated carbocycles. The standard InChI is InChI=1S/C10H20N2O2S/c1-4-12(5-6-13)10(14)8(7(2)3)9(11)15/h7-8,13H,4-6H2,1-3H3,(H2,11,15). The van der Waals surface area contributed by atoms with Gasteiger partial charge in [0, 0.05) is 13.1 Å². The Labute approximate surface area is 96.4 Å². The largest absolute Gasteiger partial charge is 0.395 e. The molecule has 0 radical (unpaired) electrons. The average molecular weight is 232 g/mol. The van der Waals surface area contributed by atoms with Gasteiger partial charge in [-0.25, -0.2) is 0 Å². The number of thiocarbonyl (C=S) groups is 1. The number of likely N-dealkylation sites (N-methyl/N-ethyl adjacent to an activating group) is 1. The van der Waals surface area contributed by atoms with Gasteiger partial charge < -0.3 is 15.7 Å². The van der Waals surface area contributed by atoms with E-state index in [0.717, 1.165) is 0 Å². The molecular formula is C10H20N2O2S. The maximum absolute atomic E-state index is 12.0. The van der Waals surface area contributed by atoms with E-state index in [1.54, 1.807) is 4.90 Å². The molecule has 1 amide bonds. The van der Waals surface area contributed by atoms with Crippen LogP contribution >= 0.6 is 12.2 Å². The summed E-state index contributed by atoms with van der Waals surface area (Å²) in [6.45, 7) is 6.54. The van der Waals surface area contributed by atoms with Crippen molar-refractivity contribution in [3.63, 3.8) is 0 Å². The van der Waals surface area contributed by atoms with Crippen molar-refractivity contribution in [2.75, 3.05) is 19.7 Å². The van der Waals surface area contributed by atoms with Gasteiger partial charge in [0.2, 0.25) is 5.91 Å². The molecule has 15 heavy (non-hydrogen) atoms. The van der Waals surface area contributed by atoms with E-state index in [2.05, 4.69) is 0 Å². The number of aliphatic hydroxyl groups excluding tert-OH is 1. The van der Waals surface area contributed by atoms with E-state index >= 15 is 0 Å². The summed E-state index contributed by atoms with van der Waals surface area (Å²) in [4.78, 5) is 13.8. The van der Waals surface area contributed by atoms with E-state index in [0.29, 0.717) is 13.1 Å². The van der Waals surface area contributed by atoms with Gasteiger partial charge in [-0.15, -0.1) is 0 Å². The third-order valence-corrected chi connectivity index (χ3v) is 2.56. The molecule has 88 valence electrons. The molecule has 0 aromatic carbocycles. The molecule has 1 unspecified atom stereocenters. The molecule has 0 aliphatic carbocycles. The van der Waals surface area contributed by atoms with Crippen LogP contribution < -0.4 is 5.73 Å². The number of nitrogens with zero attached hydrogens (tertiary/aromatic N) is 1. The lowest BCUT2D eigenvalue weighted by Crippen LogP contribution is -2.44. The third-order valence-electron chi connectivity index (χ3n) is 2.30. The summed E-state index contributed by atoms with van der Waals surface area (Å²) in [6.07, 6.45) is 0. The lowest BCUT2D eigenvalue weighted by atomic mass is 9.94. The zero-order valence-electron chi connectivity index (χ0n) is 9.56. The van der Waals surface area contributed by atoms with Crippen LogP contribution in [0.1, 0.15) is 20.8 Å². The highest BCUT2D eigenvalue weighted by molar-refractivity contribution is 7.80. The quantitative estimate of drug-likeness (QED) is 0.650. The maximum Gasteiger partial charge on any atom is 0.232 e. The summed E-state index contributed by atoms with van der Waals surface area (Å²) in [7, 11) is 0. The van der Waals surface area contributed by atoms with Gasteiger partial charge in [-0.2, -0.15) is 0 Å². The molecular weight excluding hydrogens is 212 g/mol. The molecule has 3 N–H and O–H groups in total. The van der Waals surface area contributed by atoms with E-state index in [4.69, 9.17) is 23.1 Å². The Bertz CT molecular complexity index is 231. The van der Waals surface area contributed by atoms with Crippen molar-refractivity contribution in [1.82, 2.24) is 4.90 Å². The Balaban J connectivity index is 4.67. The highest BCUT2D eigenvalue weighted by Gasteiger charge is 2.28. The minimum atomic E-state index is -0.425. The Hall–Kier alpha value is -0.680. The first kappa shape index (κ1) is 14.3.